The zero-order chi connectivity index (χ0) is 20.1. The quantitative estimate of drug-likeness (QED) is 0.524. The van der Waals surface area contributed by atoms with Crippen LogP contribution < -0.4 is 10.6 Å². The number of aromatic nitrogens is 3. The van der Waals surface area contributed by atoms with Crippen molar-refractivity contribution < 1.29 is 9.18 Å². The number of fused-ring (bicyclic) bond motifs is 1. The second kappa shape index (κ2) is 8.52. The third-order valence-electron chi connectivity index (χ3n) is 4.50. The Morgan fingerprint density at radius 2 is 1.79 bits per heavy atom. The van der Waals surface area contributed by atoms with E-state index in [2.05, 4.69) is 37.3 Å². The fourth-order valence-corrected chi connectivity index (χ4v) is 3.12. The number of halogens is 1. The molecule has 0 aliphatic rings. The van der Waals surface area contributed by atoms with Gasteiger partial charge in [-0.3, -0.25) is 0 Å². The molecule has 6 nitrogen and oxygen atoms in total. The molecule has 7 heteroatoms. The van der Waals surface area contributed by atoms with Gasteiger partial charge < -0.3 is 15.2 Å². The number of nitrogens with zero attached hydrogens (tertiary/aromatic N) is 3. The van der Waals surface area contributed by atoms with E-state index in [-0.39, 0.29) is 11.8 Å². The van der Waals surface area contributed by atoms with Crippen LogP contribution in [0.1, 0.15) is 11.4 Å². The van der Waals surface area contributed by atoms with Gasteiger partial charge in [0, 0.05) is 24.8 Å². The van der Waals surface area contributed by atoms with Gasteiger partial charge in [0.05, 0.1) is 6.54 Å². The molecule has 2 aromatic carbocycles. The molecule has 0 fully saturated rings. The highest BCUT2D eigenvalue weighted by atomic mass is 19.1. The molecule has 2 amide bonds. The minimum absolute atomic E-state index is 0.345. The van der Waals surface area contributed by atoms with Gasteiger partial charge in [0.2, 0.25) is 0 Å². The highest BCUT2D eigenvalue weighted by Gasteiger charge is 2.12. The summed E-state index contributed by atoms with van der Waals surface area (Å²) in [5.74, 6) is 0.506. The van der Waals surface area contributed by atoms with E-state index in [4.69, 9.17) is 0 Å². The maximum absolute atomic E-state index is 13.0. The number of imidazole rings is 1. The van der Waals surface area contributed by atoms with Gasteiger partial charge in [0.15, 0.2) is 5.65 Å². The number of amides is 2. The lowest BCUT2D eigenvalue weighted by molar-refractivity contribution is 0.252. The molecule has 2 heterocycles. The fraction of sp³-hybridized carbons (Fsp3) is 0.136. The highest BCUT2D eigenvalue weighted by molar-refractivity contribution is 5.89. The number of rotatable bonds is 6. The second-order valence-corrected chi connectivity index (χ2v) is 6.58. The SMILES string of the molecule is O=C(NCCc1nc2cccnc2n1Cc1ccccc1)Nc1ccc(F)cc1. The predicted molar refractivity (Wildman–Crippen MR) is 110 cm³/mol. The van der Waals surface area contributed by atoms with Gasteiger partial charge >= 0.3 is 6.03 Å². The topological polar surface area (TPSA) is 71.8 Å². The summed E-state index contributed by atoms with van der Waals surface area (Å²) in [5.41, 5.74) is 3.33. The minimum atomic E-state index is -0.347. The van der Waals surface area contributed by atoms with Gasteiger partial charge in [-0.1, -0.05) is 30.3 Å². The molecule has 0 spiro atoms. The Bertz CT molecular complexity index is 1110. The molecule has 0 aliphatic carbocycles. The molecule has 0 saturated carbocycles. The van der Waals surface area contributed by atoms with Crippen molar-refractivity contribution in [2.24, 2.45) is 0 Å². The van der Waals surface area contributed by atoms with Gasteiger partial charge in [-0.05, 0) is 42.0 Å². The number of nitrogens with one attached hydrogen (secondary N) is 2. The Morgan fingerprint density at radius 3 is 2.59 bits per heavy atom. The summed E-state index contributed by atoms with van der Waals surface area (Å²) in [6.07, 6.45) is 2.31. The molecule has 146 valence electrons. The molecule has 4 aromatic rings. The first-order valence-electron chi connectivity index (χ1n) is 9.33. The van der Waals surface area contributed by atoms with Crippen LogP contribution in [0, 0.1) is 5.82 Å². The Kier molecular flexibility index (Phi) is 5.47. The Labute approximate surface area is 167 Å². The second-order valence-electron chi connectivity index (χ2n) is 6.58. The van der Waals surface area contributed by atoms with E-state index in [0.29, 0.717) is 25.2 Å². The van der Waals surface area contributed by atoms with Crippen LogP contribution in [0.4, 0.5) is 14.9 Å². The summed E-state index contributed by atoms with van der Waals surface area (Å²) >= 11 is 0. The van der Waals surface area contributed by atoms with Crippen LogP contribution in [-0.2, 0) is 13.0 Å². The van der Waals surface area contributed by atoms with Gasteiger partial charge in [-0.15, -0.1) is 0 Å². The molecular formula is C22H20FN5O. The summed E-state index contributed by atoms with van der Waals surface area (Å²) in [5, 5.41) is 5.49. The number of pyridine rings is 1. The van der Waals surface area contributed by atoms with Crippen molar-refractivity contribution in [1.82, 2.24) is 19.9 Å². The summed E-state index contributed by atoms with van der Waals surface area (Å²) in [4.78, 5) is 21.2. The van der Waals surface area contributed by atoms with E-state index < -0.39 is 0 Å². The van der Waals surface area contributed by atoms with E-state index in [1.165, 1.54) is 24.3 Å². The Morgan fingerprint density at radius 1 is 1.00 bits per heavy atom. The molecule has 0 atom stereocenters. The van der Waals surface area contributed by atoms with Crippen molar-refractivity contribution in [1.29, 1.82) is 0 Å². The number of urea groups is 1. The van der Waals surface area contributed by atoms with E-state index >= 15 is 0 Å². The molecule has 29 heavy (non-hydrogen) atoms. The minimum Gasteiger partial charge on any atom is -0.337 e. The number of hydrogen-bond acceptors (Lipinski definition) is 3. The smallest absolute Gasteiger partial charge is 0.319 e. The van der Waals surface area contributed by atoms with Crippen LogP contribution in [0.3, 0.4) is 0 Å². The van der Waals surface area contributed by atoms with Gasteiger partial charge in [-0.25, -0.2) is 19.2 Å². The van der Waals surface area contributed by atoms with Crippen molar-refractivity contribution in [3.63, 3.8) is 0 Å². The summed E-state index contributed by atoms with van der Waals surface area (Å²) in [7, 11) is 0. The molecular weight excluding hydrogens is 369 g/mol. The van der Waals surface area contributed by atoms with Crippen LogP contribution in [0.2, 0.25) is 0 Å². The van der Waals surface area contributed by atoms with Crippen molar-refractivity contribution in [2.45, 2.75) is 13.0 Å². The van der Waals surface area contributed by atoms with E-state index in [1.807, 2.05) is 30.3 Å². The van der Waals surface area contributed by atoms with Crippen molar-refractivity contribution in [2.75, 3.05) is 11.9 Å². The van der Waals surface area contributed by atoms with Crippen LogP contribution in [0.25, 0.3) is 11.2 Å². The highest BCUT2D eigenvalue weighted by Crippen LogP contribution is 2.16. The molecule has 0 bridgehead atoms. The normalized spacial score (nSPS) is 10.8. The predicted octanol–water partition coefficient (Wildman–Crippen LogP) is 3.98. The Hall–Kier alpha value is -3.74. The zero-order valence-corrected chi connectivity index (χ0v) is 15.7. The summed E-state index contributed by atoms with van der Waals surface area (Å²) < 4.78 is 15.0. The molecule has 2 aromatic heterocycles. The molecule has 0 unspecified atom stereocenters. The van der Waals surface area contributed by atoms with Crippen molar-refractivity contribution in [3.05, 3.63) is 90.1 Å². The number of hydrogen-bond donors (Lipinski definition) is 2. The third-order valence-corrected chi connectivity index (χ3v) is 4.50. The number of carbonyl (C=O) groups is 1. The van der Waals surface area contributed by atoms with Gasteiger partial charge in [0.1, 0.15) is 17.2 Å². The van der Waals surface area contributed by atoms with E-state index in [0.717, 1.165) is 22.6 Å². The molecule has 2 N–H and O–H groups in total. The largest absolute Gasteiger partial charge is 0.337 e. The first-order valence-corrected chi connectivity index (χ1v) is 9.33. The van der Waals surface area contributed by atoms with Gasteiger partial charge in [0.25, 0.3) is 0 Å². The van der Waals surface area contributed by atoms with Crippen molar-refractivity contribution in [3.8, 4) is 0 Å². The first-order chi connectivity index (χ1) is 14.2. The van der Waals surface area contributed by atoms with Gasteiger partial charge in [-0.2, -0.15) is 0 Å². The Balaban J connectivity index is 1.44. The summed E-state index contributed by atoms with van der Waals surface area (Å²) in [6.45, 7) is 1.07. The van der Waals surface area contributed by atoms with Crippen LogP contribution >= 0.6 is 0 Å². The lowest BCUT2D eigenvalue weighted by Crippen LogP contribution is -2.31. The first kappa shape index (κ1) is 18.6. The van der Waals surface area contributed by atoms with E-state index in [1.54, 1.807) is 6.20 Å². The van der Waals surface area contributed by atoms with Crippen LogP contribution in [0.5, 0.6) is 0 Å². The molecule has 4 rings (SSSR count). The van der Waals surface area contributed by atoms with E-state index in [9.17, 15) is 9.18 Å². The molecule has 0 aliphatic heterocycles. The van der Waals surface area contributed by atoms with Crippen LogP contribution in [-0.4, -0.2) is 27.1 Å². The average Bonchev–Trinajstić information content (AvgIpc) is 3.08. The maximum Gasteiger partial charge on any atom is 0.319 e. The lowest BCUT2D eigenvalue weighted by Gasteiger charge is -2.10. The monoisotopic (exact) mass is 389 g/mol. The maximum atomic E-state index is 13.0. The average molecular weight is 389 g/mol. The summed E-state index contributed by atoms with van der Waals surface area (Å²) in [6, 6.07) is 19.2. The number of carbonyl (C=O) groups excluding carboxylic acids is 1. The standard InChI is InChI=1S/C22H20FN5O/c23-17-8-10-18(11-9-17)26-22(29)25-14-12-20-27-19-7-4-13-24-21(19)28(20)15-16-5-2-1-3-6-16/h1-11,13H,12,14-15H2,(H2,25,26,29). The van der Waals surface area contributed by atoms with Crippen molar-refractivity contribution >= 4 is 22.9 Å². The third kappa shape index (κ3) is 4.57. The fourth-order valence-electron chi connectivity index (χ4n) is 3.12. The molecule has 0 saturated heterocycles. The lowest BCUT2D eigenvalue weighted by atomic mass is 10.2. The van der Waals surface area contributed by atoms with Crippen LogP contribution in [0.15, 0.2) is 72.9 Å². The zero-order valence-electron chi connectivity index (χ0n) is 15.7. The molecule has 0 radical (unpaired) electrons. The number of benzene rings is 2. The number of anilines is 1.